The smallest absolute Gasteiger partial charge is 0.335 e. The Balaban J connectivity index is 0.000000375. The van der Waals surface area contributed by atoms with E-state index in [0.29, 0.717) is 11.1 Å². The largest absolute Gasteiger partial charge is 0.478 e. The summed E-state index contributed by atoms with van der Waals surface area (Å²) in [4.78, 5) is 20.6. The number of carboxylic acid groups (broad SMARTS) is 2. The summed E-state index contributed by atoms with van der Waals surface area (Å²) >= 11 is 0. The molecule has 0 aliphatic rings. The Kier molecular flexibility index (Phi) is 12.2. The molecular formula is C20H26O6. The van der Waals surface area contributed by atoms with Crippen LogP contribution in [0.4, 0.5) is 0 Å². The molecule has 0 bridgehead atoms. The van der Waals surface area contributed by atoms with E-state index in [-0.39, 0.29) is 13.2 Å². The fraction of sp³-hybridized carbons (Fsp3) is 0.300. The van der Waals surface area contributed by atoms with Gasteiger partial charge in [0.25, 0.3) is 0 Å². The molecule has 0 saturated carbocycles. The molecule has 0 amide bonds. The van der Waals surface area contributed by atoms with Crippen molar-refractivity contribution in [1.29, 1.82) is 0 Å². The number of aliphatic hydroxyl groups excluding tert-OH is 2. The van der Waals surface area contributed by atoms with E-state index in [1.165, 1.54) is 0 Å². The van der Waals surface area contributed by atoms with E-state index in [1.54, 1.807) is 48.5 Å². The molecule has 0 radical (unpaired) electrons. The number of unbranched alkanes of at least 4 members (excludes halogenated alkanes) is 1. The van der Waals surface area contributed by atoms with Gasteiger partial charge in [0.15, 0.2) is 0 Å². The standard InChI is InChI=1S/2C8H8O2.C4H10O2/c2*1-6-2-4-7(5-3-6)8(9)10;5-3-1-2-4-6/h2*2-5H,1H3,(H,9,10);5-6H,1-4H2. The molecule has 0 aromatic heterocycles. The van der Waals surface area contributed by atoms with Crippen molar-refractivity contribution in [2.45, 2.75) is 26.7 Å². The van der Waals surface area contributed by atoms with Crippen LogP contribution in [0.5, 0.6) is 0 Å². The number of hydrogen-bond acceptors (Lipinski definition) is 4. The van der Waals surface area contributed by atoms with Crippen molar-refractivity contribution in [3.05, 3.63) is 70.8 Å². The van der Waals surface area contributed by atoms with Crippen molar-refractivity contribution in [1.82, 2.24) is 0 Å². The van der Waals surface area contributed by atoms with E-state index in [2.05, 4.69) is 0 Å². The number of aryl methyl sites for hydroxylation is 2. The van der Waals surface area contributed by atoms with E-state index >= 15 is 0 Å². The van der Waals surface area contributed by atoms with Gasteiger partial charge in [-0.3, -0.25) is 0 Å². The Bertz CT molecular complexity index is 588. The lowest BCUT2D eigenvalue weighted by molar-refractivity contribution is 0.0686. The topological polar surface area (TPSA) is 115 Å². The molecule has 4 N–H and O–H groups in total. The SMILES string of the molecule is Cc1ccc(C(=O)O)cc1.Cc1ccc(C(=O)O)cc1.OCCCCO. The normalized spacial score (nSPS) is 9.23. The lowest BCUT2D eigenvalue weighted by Crippen LogP contribution is -1.94. The van der Waals surface area contributed by atoms with Gasteiger partial charge in [-0.25, -0.2) is 9.59 Å². The number of carboxylic acids is 2. The molecule has 6 nitrogen and oxygen atoms in total. The molecule has 2 aromatic carbocycles. The van der Waals surface area contributed by atoms with Gasteiger partial charge in [0.1, 0.15) is 0 Å². The first-order chi connectivity index (χ1) is 12.3. The van der Waals surface area contributed by atoms with Crippen molar-refractivity contribution in [2.75, 3.05) is 13.2 Å². The Hall–Kier alpha value is -2.70. The molecule has 0 atom stereocenters. The van der Waals surface area contributed by atoms with Gasteiger partial charge in [-0.1, -0.05) is 35.4 Å². The third-order valence-corrected chi connectivity index (χ3v) is 3.16. The van der Waals surface area contributed by atoms with Crippen molar-refractivity contribution in [2.24, 2.45) is 0 Å². The summed E-state index contributed by atoms with van der Waals surface area (Å²) in [6.07, 6.45) is 1.44. The molecule has 2 rings (SSSR count). The van der Waals surface area contributed by atoms with E-state index in [1.807, 2.05) is 13.8 Å². The second kappa shape index (κ2) is 13.6. The lowest BCUT2D eigenvalue weighted by atomic mass is 10.2. The first-order valence-electron chi connectivity index (χ1n) is 8.13. The Morgan fingerprint density at radius 2 is 0.923 bits per heavy atom. The molecule has 0 spiro atoms. The molecule has 26 heavy (non-hydrogen) atoms. The van der Waals surface area contributed by atoms with Crippen LogP contribution in [0.3, 0.4) is 0 Å². The Labute approximate surface area is 153 Å². The van der Waals surface area contributed by atoms with Crippen molar-refractivity contribution < 1.29 is 30.0 Å². The van der Waals surface area contributed by atoms with Crippen LogP contribution in [-0.2, 0) is 0 Å². The summed E-state index contributed by atoms with van der Waals surface area (Å²) < 4.78 is 0. The number of hydrogen-bond donors (Lipinski definition) is 4. The van der Waals surface area contributed by atoms with E-state index in [0.717, 1.165) is 24.0 Å². The fourth-order valence-electron chi connectivity index (χ4n) is 1.62. The van der Waals surface area contributed by atoms with Crippen molar-refractivity contribution in [3.8, 4) is 0 Å². The average molecular weight is 362 g/mol. The van der Waals surface area contributed by atoms with Crippen LogP contribution in [0, 0.1) is 13.8 Å². The van der Waals surface area contributed by atoms with E-state index in [4.69, 9.17) is 20.4 Å². The van der Waals surface area contributed by atoms with Gasteiger partial charge in [0.05, 0.1) is 11.1 Å². The van der Waals surface area contributed by atoms with Gasteiger partial charge in [-0.2, -0.15) is 0 Å². The van der Waals surface area contributed by atoms with Gasteiger partial charge in [0, 0.05) is 13.2 Å². The van der Waals surface area contributed by atoms with Crippen LogP contribution in [0.2, 0.25) is 0 Å². The van der Waals surface area contributed by atoms with Crippen molar-refractivity contribution in [3.63, 3.8) is 0 Å². The number of rotatable bonds is 5. The summed E-state index contributed by atoms with van der Waals surface area (Å²) in [5, 5.41) is 33.1. The molecule has 142 valence electrons. The highest BCUT2D eigenvalue weighted by Crippen LogP contribution is 2.02. The van der Waals surface area contributed by atoms with Crippen LogP contribution in [0.25, 0.3) is 0 Å². The predicted molar refractivity (Wildman–Crippen MR) is 99.7 cm³/mol. The highest BCUT2D eigenvalue weighted by atomic mass is 16.4. The maximum Gasteiger partial charge on any atom is 0.335 e. The van der Waals surface area contributed by atoms with Crippen LogP contribution in [0.15, 0.2) is 48.5 Å². The summed E-state index contributed by atoms with van der Waals surface area (Å²) in [7, 11) is 0. The molecule has 0 heterocycles. The van der Waals surface area contributed by atoms with Crippen molar-refractivity contribution >= 4 is 11.9 Å². The quantitative estimate of drug-likeness (QED) is 0.608. The zero-order valence-corrected chi connectivity index (χ0v) is 15.1. The highest BCUT2D eigenvalue weighted by Gasteiger charge is 1.99. The van der Waals surface area contributed by atoms with Gasteiger partial charge < -0.3 is 20.4 Å². The molecule has 0 fully saturated rings. The third kappa shape index (κ3) is 11.0. The van der Waals surface area contributed by atoms with E-state index < -0.39 is 11.9 Å². The molecule has 0 aliphatic carbocycles. The monoisotopic (exact) mass is 362 g/mol. The minimum absolute atomic E-state index is 0.195. The third-order valence-electron chi connectivity index (χ3n) is 3.16. The molecular weight excluding hydrogens is 336 g/mol. The second-order valence-corrected chi connectivity index (χ2v) is 5.50. The summed E-state index contributed by atoms with van der Waals surface area (Å²) in [6.45, 7) is 4.23. The second-order valence-electron chi connectivity index (χ2n) is 5.50. The molecule has 6 heteroatoms. The fourth-order valence-corrected chi connectivity index (χ4v) is 1.62. The zero-order chi connectivity index (χ0) is 19.9. The summed E-state index contributed by atoms with van der Waals surface area (Å²) in [5.41, 5.74) is 2.83. The molecule has 0 unspecified atom stereocenters. The first kappa shape index (κ1) is 23.3. The number of aromatic carboxylic acids is 2. The van der Waals surface area contributed by atoms with Crippen LogP contribution in [-0.4, -0.2) is 45.6 Å². The van der Waals surface area contributed by atoms with Crippen LogP contribution < -0.4 is 0 Å². The number of aliphatic hydroxyl groups is 2. The number of carbonyl (C=O) groups is 2. The molecule has 0 aliphatic heterocycles. The summed E-state index contributed by atoms with van der Waals surface area (Å²) in [6, 6.07) is 13.5. The average Bonchev–Trinajstić information content (AvgIpc) is 2.62. The van der Waals surface area contributed by atoms with Gasteiger partial charge in [-0.15, -0.1) is 0 Å². The minimum Gasteiger partial charge on any atom is -0.478 e. The summed E-state index contributed by atoms with van der Waals surface area (Å²) in [5.74, 6) is -1.75. The highest BCUT2D eigenvalue weighted by molar-refractivity contribution is 5.87. The minimum atomic E-state index is -0.875. The van der Waals surface area contributed by atoms with Gasteiger partial charge in [0.2, 0.25) is 0 Å². The number of benzene rings is 2. The predicted octanol–water partition coefficient (Wildman–Crippen LogP) is 3.14. The maximum absolute atomic E-state index is 10.3. The first-order valence-corrected chi connectivity index (χ1v) is 8.13. The van der Waals surface area contributed by atoms with Gasteiger partial charge >= 0.3 is 11.9 Å². The zero-order valence-electron chi connectivity index (χ0n) is 15.1. The lowest BCUT2D eigenvalue weighted by Gasteiger charge is -1.92. The molecule has 0 saturated heterocycles. The van der Waals surface area contributed by atoms with Gasteiger partial charge in [-0.05, 0) is 51.0 Å². The Morgan fingerprint density at radius 1 is 0.654 bits per heavy atom. The maximum atomic E-state index is 10.3. The van der Waals surface area contributed by atoms with Crippen LogP contribution in [0.1, 0.15) is 44.7 Å². The van der Waals surface area contributed by atoms with Crippen LogP contribution >= 0.6 is 0 Å². The van der Waals surface area contributed by atoms with E-state index in [9.17, 15) is 9.59 Å². The molecule has 2 aromatic rings. The Morgan fingerprint density at radius 3 is 1.12 bits per heavy atom.